The predicted molar refractivity (Wildman–Crippen MR) is 94.3 cm³/mol. The minimum atomic E-state index is -4.48. The SMILES string of the molecule is CN1CCN(Cc2ccc(NC(=O)c3ccsn3)cc2C(F)(F)F)CC1. The molecule has 2 aromatic rings. The van der Waals surface area contributed by atoms with Crippen LogP contribution >= 0.6 is 11.5 Å². The number of rotatable bonds is 4. The average molecular weight is 384 g/mol. The van der Waals surface area contributed by atoms with Gasteiger partial charge in [-0.15, -0.1) is 0 Å². The molecule has 1 aliphatic rings. The Morgan fingerprint density at radius 2 is 1.96 bits per heavy atom. The summed E-state index contributed by atoms with van der Waals surface area (Å²) in [4.78, 5) is 16.2. The molecule has 0 atom stereocenters. The predicted octanol–water partition coefficient (Wildman–Crippen LogP) is 3.16. The van der Waals surface area contributed by atoms with Crippen molar-refractivity contribution < 1.29 is 18.0 Å². The molecule has 0 bridgehead atoms. The first-order valence-electron chi connectivity index (χ1n) is 8.15. The molecule has 0 spiro atoms. The van der Waals surface area contributed by atoms with Gasteiger partial charge < -0.3 is 10.2 Å². The summed E-state index contributed by atoms with van der Waals surface area (Å²) < 4.78 is 44.4. The summed E-state index contributed by atoms with van der Waals surface area (Å²) in [5, 5.41) is 4.11. The quantitative estimate of drug-likeness (QED) is 0.880. The molecule has 9 heteroatoms. The van der Waals surface area contributed by atoms with E-state index in [2.05, 4.69) is 14.6 Å². The number of benzene rings is 1. The minimum Gasteiger partial charge on any atom is -0.321 e. The van der Waals surface area contributed by atoms with Crippen LogP contribution in [-0.2, 0) is 12.7 Å². The van der Waals surface area contributed by atoms with E-state index in [1.165, 1.54) is 18.2 Å². The second kappa shape index (κ2) is 7.73. The molecule has 0 saturated carbocycles. The number of nitrogens with one attached hydrogen (secondary N) is 1. The van der Waals surface area contributed by atoms with E-state index in [1.807, 2.05) is 11.9 Å². The number of aromatic nitrogens is 1. The van der Waals surface area contributed by atoms with Crippen molar-refractivity contribution in [2.75, 3.05) is 38.5 Å². The average Bonchev–Trinajstić information content (AvgIpc) is 3.12. The van der Waals surface area contributed by atoms with E-state index in [-0.39, 0.29) is 23.5 Å². The third-order valence-corrected chi connectivity index (χ3v) is 4.89. The van der Waals surface area contributed by atoms with Crippen molar-refractivity contribution >= 4 is 23.1 Å². The lowest BCUT2D eigenvalue weighted by atomic mass is 10.0. The lowest BCUT2D eigenvalue weighted by Crippen LogP contribution is -2.44. The van der Waals surface area contributed by atoms with Crippen molar-refractivity contribution in [2.45, 2.75) is 12.7 Å². The molecule has 1 saturated heterocycles. The summed E-state index contributed by atoms with van der Waals surface area (Å²) in [6.07, 6.45) is -4.48. The molecule has 0 radical (unpaired) electrons. The van der Waals surface area contributed by atoms with Gasteiger partial charge in [0.1, 0.15) is 5.69 Å². The first-order chi connectivity index (χ1) is 12.3. The zero-order valence-corrected chi connectivity index (χ0v) is 15.0. The molecule has 1 aromatic carbocycles. The van der Waals surface area contributed by atoms with Gasteiger partial charge in [0, 0.05) is 43.8 Å². The Labute approximate surface area is 153 Å². The molecule has 26 heavy (non-hydrogen) atoms. The van der Waals surface area contributed by atoms with Crippen LogP contribution < -0.4 is 5.32 Å². The smallest absolute Gasteiger partial charge is 0.321 e. The van der Waals surface area contributed by atoms with Crippen molar-refractivity contribution in [1.82, 2.24) is 14.2 Å². The third kappa shape index (κ3) is 4.60. The first-order valence-corrected chi connectivity index (χ1v) is 8.99. The van der Waals surface area contributed by atoms with Crippen molar-refractivity contribution in [2.24, 2.45) is 0 Å². The number of anilines is 1. The molecule has 140 valence electrons. The largest absolute Gasteiger partial charge is 0.416 e. The van der Waals surface area contributed by atoms with Gasteiger partial charge in [-0.3, -0.25) is 9.69 Å². The topological polar surface area (TPSA) is 48.5 Å². The Kier molecular flexibility index (Phi) is 5.59. The van der Waals surface area contributed by atoms with Crippen LogP contribution in [0.2, 0.25) is 0 Å². The normalized spacial score (nSPS) is 16.6. The summed E-state index contributed by atoms with van der Waals surface area (Å²) in [5.41, 5.74) is -0.205. The standard InChI is InChI=1S/C17H19F3N4OS/c1-23-5-7-24(8-6-23)11-12-2-3-13(10-14(12)17(18,19)20)21-16(25)15-4-9-26-22-15/h2-4,9-10H,5-8,11H2,1H3,(H,21,25). The van der Waals surface area contributed by atoms with Gasteiger partial charge in [0.2, 0.25) is 0 Å². The molecule has 1 aromatic heterocycles. The second-order valence-electron chi connectivity index (χ2n) is 6.29. The van der Waals surface area contributed by atoms with E-state index in [0.717, 1.165) is 43.8 Å². The highest BCUT2D eigenvalue weighted by Crippen LogP contribution is 2.34. The third-order valence-electron chi connectivity index (χ3n) is 4.33. The number of piperazine rings is 1. The first kappa shape index (κ1) is 18.8. The number of nitrogens with zero attached hydrogens (tertiary/aromatic N) is 3. The van der Waals surface area contributed by atoms with Crippen LogP contribution in [0.15, 0.2) is 29.6 Å². The lowest BCUT2D eigenvalue weighted by Gasteiger charge is -2.33. The van der Waals surface area contributed by atoms with Gasteiger partial charge in [-0.1, -0.05) is 6.07 Å². The highest BCUT2D eigenvalue weighted by atomic mass is 32.1. The molecular formula is C17H19F3N4OS. The van der Waals surface area contributed by atoms with Crippen LogP contribution in [0.1, 0.15) is 21.6 Å². The van der Waals surface area contributed by atoms with E-state index < -0.39 is 17.6 Å². The maximum absolute atomic E-state index is 13.5. The number of carbonyl (C=O) groups excluding carboxylic acids is 1. The zero-order valence-electron chi connectivity index (χ0n) is 14.2. The fourth-order valence-electron chi connectivity index (χ4n) is 2.83. The fraction of sp³-hybridized carbons (Fsp3) is 0.412. The van der Waals surface area contributed by atoms with Gasteiger partial charge in [0.25, 0.3) is 5.91 Å². The van der Waals surface area contributed by atoms with E-state index in [9.17, 15) is 18.0 Å². The molecular weight excluding hydrogens is 365 g/mol. The fourth-order valence-corrected chi connectivity index (χ4v) is 3.34. The summed E-state index contributed by atoms with van der Waals surface area (Å²) in [6.45, 7) is 3.38. The van der Waals surface area contributed by atoms with Crippen molar-refractivity contribution in [3.8, 4) is 0 Å². The van der Waals surface area contributed by atoms with Crippen molar-refractivity contribution in [1.29, 1.82) is 0 Å². The Morgan fingerprint density at radius 3 is 2.58 bits per heavy atom. The summed E-state index contributed by atoms with van der Waals surface area (Å²) in [6, 6.07) is 5.46. The molecule has 1 fully saturated rings. The van der Waals surface area contributed by atoms with E-state index in [0.29, 0.717) is 0 Å². The van der Waals surface area contributed by atoms with Crippen LogP contribution in [-0.4, -0.2) is 53.3 Å². The highest BCUT2D eigenvalue weighted by Gasteiger charge is 2.34. The zero-order chi connectivity index (χ0) is 18.7. The van der Waals surface area contributed by atoms with Gasteiger partial charge >= 0.3 is 6.18 Å². The maximum Gasteiger partial charge on any atom is 0.416 e. The summed E-state index contributed by atoms with van der Waals surface area (Å²) in [7, 11) is 2.00. The van der Waals surface area contributed by atoms with E-state index >= 15 is 0 Å². The number of halogens is 3. The number of hydrogen-bond donors (Lipinski definition) is 1. The van der Waals surface area contributed by atoms with Crippen molar-refractivity contribution in [3.05, 3.63) is 46.5 Å². The number of amides is 1. The van der Waals surface area contributed by atoms with Crippen LogP contribution in [0.25, 0.3) is 0 Å². The van der Waals surface area contributed by atoms with Gasteiger partial charge in [-0.2, -0.15) is 17.5 Å². The van der Waals surface area contributed by atoms with Gasteiger partial charge in [0.15, 0.2) is 0 Å². The Morgan fingerprint density at radius 1 is 1.23 bits per heavy atom. The van der Waals surface area contributed by atoms with Gasteiger partial charge in [0.05, 0.1) is 5.56 Å². The van der Waals surface area contributed by atoms with Crippen molar-refractivity contribution in [3.63, 3.8) is 0 Å². The molecule has 1 N–H and O–H groups in total. The highest BCUT2D eigenvalue weighted by molar-refractivity contribution is 7.03. The number of alkyl halides is 3. The molecule has 1 amide bonds. The molecule has 1 aliphatic heterocycles. The van der Waals surface area contributed by atoms with Crippen LogP contribution in [0.5, 0.6) is 0 Å². The number of likely N-dealkylation sites (N-methyl/N-ethyl adjacent to an activating group) is 1. The molecule has 0 aliphatic carbocycles. The lowest BCUT2D eigenvalue weighted by molar-refractivity contribution is -0.138. The molecule has 5 nitrogen and oxygen atoms in total. The monoisotopic (exact) mass is 384 g/mol. The van der Waals surface area contributed by atoms with Gasteiger partial charge in [-0.05, 0) is 42.3 Å². The molecule has 2 heterocycles. The Hall–Kier alpha value is -1.97. The van der Waals surface area contributed by atoms with Crippen LogP contribution in [0.3, 0.4) is 0 Å². The number of carbonyl (C=O) groups is 1. The molecule has 0 unspecified atom stereocenters. The van der Waals surface area contributed by atoms with Crippen LogP contribution in [0.4, 0.5) is 18.9 Å². The van der Waals surface area contributed by atoms with E-state index in [4.69, 9.17) is 0 Å². The Bertz CT molecular complexity index is 756. The summed E-state index contributed by atoms with van der Waals surface area (Å²) >= 11 is 1.11. The second-order valence-corrected chi connectivity index (χ2v) is 6.95. The maximum atomic E-state index is 13.5. The summed E-state index contributed by atoms with van der Waals surface area (Å²) in [5.74, 6) is -0.522. The van der Waals surface area contributed by atoms with E-state index in [1.54, 1.807) is 5.38 Å². The van der Waals surface area contributed by atoms with Gasteiger partial charge in [-0.25, -0.2) is 0 Å². The minimum absolute atomic E-state index is 0.109. The van der Waals surface area contributed by atoms with Crippen LogP contribution in [0, 0.1) is 0 Å². The number of hydrogen-bond acceptors (Lipinski definition) is 5. The Balaban J connectivity index is 1.78. The molecule has 3 rings (SSSR count).